The summed E-state index contributed by atoms with van der Waals surface area (Å²) in [6, 6.07) is 9.51. The monoisotopic (exact) mass is 355 g/mol. The van der Waals surface area contributed by atoms with Crippen molar-refractivity contribution >= 4 is 5.65 Å². The summed E-state index contributed by atoms with van der Waals surface area (Å²) >= 11 is 0. The van der Waals surface area contributed by atoms with Gasteiger partial charge in [-0.3, -0.25) is 0 Å². The molecule has 1 unspecified atom stereocenters. The second kappa shape index (κ2) is 5.60. The van der Waals surface area contributed by atoms with Gasteiger partial charge in [0.05, 0.1) is 5.69 Å². The third-order valence-corrected chi connectivity index (χ3v) is 5.22. The molecule has 5 heteroatoms. The van der Waals surface area contributed by atoms with Crippen LogP contribution in [0.3, 0.4) is 0 Å². The average molecular weight is 355 g/mol. The lowest BCUT2D eigenvalue weighted by Crippen LogP contribution is -2.17. The molecule has 3 nitrogen and oxygen atoms in total. The maximum Gasteiger partial charge on any atom is 0.235 e. The van der Waals surface area contributed by atoms with Crippen molar-refractivity contribution in [3.8, 4) is 0 Å². The van der Waals surface area contributed by atoms with E-state index in [1.165, 1.54) is 11.6 Å². The molecular formula is C21H23F2N3. The van der Waals surface area contributed by atoms with E-state index >= 15 is 0 Å². The first-order valence-electron chi connectivity index (χ1n) is 8.96. The highest BCUT2D eigenvalue weighted by atomic mass is 19.1. The van der Waals surface area contributed by atoms with Gasteiger partial charge in [0.15, 0.2) is 5.65 Å². The number of rotatable bonds is 3. The predicted octanol–water partition coefficient (Wildman–Crippen LogP) is 4.97. The van der Waals surface area contributed by atoms with E-state index in [0.29, 0.717) is 12.1 Å². The minimum absolute atomic E-state index is 0.140. The molecule has 0 fully saturated rings. The molecule has 0 amide bonds. The van der Waals surface area contributed by atoms with Gasteiger partial charge in [-0.05, 0) is 31.4 Å². The van der Waals surface area contributed by atoms with Crippen molar-refractivity contribution in [3.05, 3.63) is 64.9 Å². The lowest BCUT2D eigenvalue weighted by Gasteiger charge is -2.19. The zero-order chi connectivity index (χ0) is 18.7. The molecule has 0 N–H and O–H groups in total. The number of hydrogen-bond acceptors (Lipinski definition) is 2. The number of halogens is 2. The van der Waals surface area contributed by atoms with Gasteiger partial charge in [0, 0.05) is 35.6 Å². The van der Waals surface area contributed by atoms with Crippen molar-refractivity contribution in [2.45, 2.75) is 57.5 Å². The summed E-state index contributed by atoms with van der Waals surface area (Å²) in [6.45, 7) is 7.50. The zero-order valence-electron chi connectivity index (χ0n) is 15.6. The number of hydrogen-bond donors (Lipinski definition) is 0. The van der Waals surface area contributed by atoms with Crippen molar-refractivity contribution in [1.82, 2.24) is 14.6 Å². The van der Waals surface area contributed by atoms with E-state index in [2.05, 4.69) is 36.1 Å². The summed E-state index contributed by atoms with van der Waals surface area (Å²) in [5.41, 5.74) is 3.44. The first-order valence-corrected chi connectivity index (χ1v) is 8.96. The number of fused-ring (bicyclic) bond motifs is 3. The Labute approximate surface area is 152 Å². The van der Waals surface area contributed by atoms with Crippen molar-refractivity contribution < 1.29 is 8.78 Å². The molecule has 26 heavy (non-hydrogen) atoms. The second-order valence-corrected chi connectivity index (χ2v) is 8.58. The van der Waals surface area contributed by atoms with Crippen LogP contribution in [0.1, 0.15) is 62.4 Å². The summed E-state index contributed by atoms with van der Waals surface area (Å²) in [5, 5.41) is 4.01. The lowest BCUT2D eigenvalue weighted by atomic mass is 9.86. The van der Waals surface area contributed by atoms with Crippen LogP contribution in [0.5, 0.6) is 0 Å². The molecule has 1 aromatic carbocycles. The van der Waals surface area contributed by atoms with Gasteiger partial charge in [0.1, 0.15) is 5.67 Å². The van der Waals surface area contributed by atoms with Gasteiger partial charge in [0.25, 0.3) is 0 Å². The summed E-state index contributed by atoms with van der Waals surface area (Å²) < 4.78 is 29.2. The van der Waals surface area contributed by atoms with Gasteiger partial charge in [-0.15, -0.1) is 5.10 Å². The van der Waals surface area contributed by atoms with Crippen LogP contribution in [0, 0.1) is 5.95 Å². The minimum Gasteiger partial charge on any atom is -0.244 e. The van der Waals surface area contributed by atoms with Gasteiger partial charge in [-0.25, -0.2) is 13.9 Å². The highest BCUT2D eigenvalue weighted by Gasteiger charge is 2.40. The lowest BCUT2D eigenvalue weighted by molar-refractivity contribution is 0.217. The molecule has 4 rings (SSSR count). The third kappa shape index (κ3) is 2.89. The molecule has 1 aliphatic rings. The quantitative estimate of drug-likeness (QED) is 0.664. The molecule has 136 valence electrons. The van der Waals surface area contributed by atoms with E-state index < -0.39 is 11.6 Å². The Bertz CT molecular complexity index is 965. The Hall–Kier alpha value is -2.30. The van der Waals surface area contributed by atoms with Gasteiger partial charge in [-0.1, -0.05) is 38.1 Å². The summed E-state index contributed by atoms with van der Waals surface area (Å²) in [5.74, 6) is -0.333. The van der Waals surface area contributed by atoms with Gasteiger partial charge in [0.2, 0.25) is 5.95 Å². The number of alkyl halides is 1. The highest BCUT2D eigenvalue weighted by molar-refractivity contribution is 5.49. The largest absolute Gasteiger partial charge is 0.244 e. The fourth-order valence-electron chi connectivity index (χ4n) is 4.22. The van der Waals surface area contributed by atoms with E-state index in [1.54, 1.807) is 18.4 Å². The Kier molecular flexibility index (Phi) is 3.69. The van der Waals surface area contributed by atoms with Crippen LogP contribution in [-0.2, 0) is 11.8 Å². The Morgan fingerprint density at radius 3 is 2.58 bits per heavy atom. The predicted molar refractivity (Wildman–Crippen MR) is 97.8 cm³/mol. The van der Waals surface area contributed by atoms with Crippen LogP contribution >= 0.6 is 0 Å². The smallest absolute Gasteiger partial charge is 0.235 e. The molecule has 0 saturated heterocycles. The van der Waals surface area contributed by atoms with Crippen molar-refractivity contribution in [2.75, 3.05) is 0 Å². The van der Waals surface area contributed by atoms with E-state index in [0.717, 1.165) is 23.2 Å². The fraction of sp³-hybridized carbons (Fsp3) is 0.429. The molecule has 0 aliphatic heterocycles. The van der Waals surface area contributed by atoms with Crippen molar-refractivity contribution in [2.24, 2.45) is 0 Å². The Morgan fingerprint density at radius 2 is 1.92 bits per heavy atom. The topological polar surface area (TPSA) is 30.2 Å². The minimum atomic E-state index is -1.22. The Morgan fingerprint density at radius 1 is 1.23 bits per heavy atom. The molecule has 0 saturated carbocycles. The van der Waals surface area contributed by atoms with Crippen molar-refractivity contribution in [1.29, 1.82) is 0 Å². The van der Waals surface area contributed by atoms with E-state index in [-0.39, 0.29) is 11.3 Å². The summed E-state index contributed by atoms with van der Waals surface area (Å²) in [6.07, 6.45) is 3.15. The second-order valence-electron chi connectivity index (χ2n) is 8.58. The Balaban J connectivity index is 1.75. The SMILES string of the molecule is CC(C)(F)Cc1ccc(C2CC(C)(C)c3c2cnc2cc(F)nn32)cc1. The van der Waals surface area contributed by atoms with Crippen LogP contribution in [0.25, 0.3) is 5.65 Å². The fourth-order valence-corrected chi connectivity index (χ4v) is 4.22. The first kappa shape index (κ1) is 17.1. The van der Waals surface area contributed by atoms with Crippen LogP contribution in [0.4, 0.5) is 8.78 Å². The molecule has 0 spiro atoms. The number of benzene rings is 1. The molecule has 0 bridgehead atoms. The van der Waals surface area contributed by atoms with Crippen LogP contribution < -0.4 is 0 Å². The molecule has 1 atom stereocenters. The third-order valence-electron chi connectivity index (χ3n) is 5.22. The summed E-state index contributed by atoms with van der Waals surface area (Å²) in [7, 11) is 0. The van der Waals surface area contributed by atoms with E-state index in [9.17, 15) is 8.78 Å². The van der Waals surface area contributed by atoms with E-state index in [4.69, 9.17) is 0 Å². The number of aromatic nitrogens is 3. The number of nitrogens with zero attached hydrogens (tertiary/aromatic N) is 3. The molecule has 3 aromatic rings. The molecule has 2 aromatic heterocycles. The zero-order valence-corrected chi connectivity index (χ0v) is 15.6. The molecule has 1 aliphatic carbocycles. The van der Waals surface area contributed by atoms with E-state index in [1.807, 2.05) is 18.3 Å². The van der Waals surface area contributed by atoms with Crippen LogP contribution in [0.15, 0.2) is 36.5 Å². The van der Waals surface area contributed by atoms with Crippen LogP contribution in [0.2, 0.25) is 0 Å². The first-order chi connectivity index (χ1) is 12.1. The molecular weight excluding hydrogens is 332 g/mol. The highest BCUT2D eigenvalue weighted by Crippen LogP contribution is 2.48. The average Bonchev–Trinajstić information content (AvgIpc) is 3.03. The molecule has 0 radical (unpaired) electrons. The van der Waals surface area contributed by atoms with Gasteiger partial charge < -0.3 is 0 Å². The van der Waals surface area contributed by atoms with Gasteiger partial charge in [-0.2, -0.15) is 4.39 Å². The van der Waals surface area contributed by atoms with Crippen LogP contribution in [-0.4, -0.2) is 20.3 Å². The maximum atomic E-state index is 13.9. The maximum absolute atomic E-state index is 13.9. The normalized spacial score (nSPS) is 19.1. The summed E-state index contributed by atoms with van der Waals surface area (Å²) in [4.78, 5) is 4.39. The molecule has 2 heterocycles. The van der Waals surface area contributed by atoms with Crippen molar-refractivity contribution in [3.63, 3.8) is 0 Å². The standard InChI is InChI=1S/C21H23F2N3/c1-20(2)11-15(14-7-5-13(6-8-14)10-21(3,4)23)16-12-24-18-9-17(22)25-26(18)19(16)20/h5-9,12,15H,10-11H2,1-4H3. The van der Waals surface area contributed by atoms with Gasteiger partial charge >= 0.3 is 0 Å².